The molecule has 0 aromatic carbocycles. The van der Waals surface area contributed by atoms with Crippen LogP contribution in [0.5, 0.6) is 0 Å². The molecule has 80 valence electrons. The third kappa shape index (κ3) is 2.54. The summed E-state index contributed by atoms with van der Waals surface area (Å²) in [5, 5.41) is 8.86. The molecule has 1 aliphatic heterocycles. The summed E-state index contributed by atoms with van der Waals surface area (Å²) in [5.74, 6) is 0.238. The van der Waals surface area contributed by atoms with Crippen molar-refractivity contribution in [2.24, 2.45) is 0 Å². The highest BCUT2D eigenvalue weighted by atomic mass is 32.2. The van der Waals surface area contributed by atoms with Crippen LogP contribution >= 0.6 is 11.8 Å². The molecule has 1 fully saturated rings. The molecule has 14 heavy (non-hydrogen) atoms. The van der Waals surface area contributed by atoms with Crippen molar-refractivity contribution >= 4 is 23.8 Å². The predicted octanol–water partition coefficient (Wildman–Crippen LogP) is 0.645. The maximum Gasteiger partial charge on any atom is 0.410 e. The summed E-state index contributed by atoms with van der Waals surface area (Å²) in [6.45, 7) is 2.42. The molecule has 0 bridgehead atoms. The minimum Gasteiger partial charge on any atom is -0.480 e. The quantitative estimate of drug-likeness (QED) is 0.738. The van der Waals surface area contributed by atoms with Gasteiger partial charge in [0.2, 0.25) is 0 Å². The summed E-state index contributed by atoms with van der Waals surface area (Å²) in [4.78, 5) is 23.4. The predicted molar refractivity (Wildman–Crippen MR) is 52.5 cm³/mol. The molecule has 1 aliphatic rings. The first-order valence-electron chi connectivity index (χ1n) is 4.40. The van der Waals surface area contributed by atoms with E-state index in [1.807, 2.05) is 0 Å². The fraction of sp³-hybridized carbons (Fsp3) is 0.750. The number of carbonyl (C=O) groups excluding carboxylic acids is 1. The number of hydrogen-bond acceptors (Lipinski definition) is 4. The second-order valence-electron chi connectivity index (χ2n) is 2.82. The molecule has 6 heteroatoms. The van der Waals surface area contributed by atoms with E-state index in [9.17, 15) is 9.59 Å². The Morgan fingerprint density at radius 3 is 2.93 bits per heavy atom. The summed E-state index contributed by atoms with van der Waals surface area (Å²) in [7, 11) is 0. The fourth-order valence-corrected chi connectivity index (χ4v) is 2.27. The maximum atomic E-state index is 11.3. The zero-order valence-electron chi connectivity index (χ0n) is 7.93. The molecule has 0 saturated carbocycles. The van der Waals surface area contributed by atoms with Crippen LogP contribution in [0.4, 0.5) is 4.79 Å². The summed E-state index contributed by atoms with van der Waals surface area (Å²) in [6.07, 6.45) is -0.528. The van der Waals surface area contributed by atoms with Gasteiger partial charge in [-0.25, -0.2) is 9.59 Å². The van der Waals surface area contributed by atoms with Crippen molar-refractivity contribution in [2.45, 2.75) is 13.0 Å². The van der Waals surface area contributed by atoms with Crippen LogP contribution in [0.25, 0.3) is 0 Å². The molecule has 1 rings (SSSR count). The Morgan fingerprint density at radius 1 is 1.64 bits per heavy atom. The van der Waals surface area contributed by atoms with Crippen molar-refractivity contribution in [1.29, 1.82) is 0 Å². The highest BCUT2D eigenvalue weighted by Crippen LogP contribution is 2.17. The maximum absolute atomic E-state index is 11.3. The van der Waals surface area contributed by atoms with Crippen molar-refractivity contribution in [2.75, 3.05) is 24.7 Å². The van der Waals surface area contributed by atoms with E-state index in [1.165, 1.54) is 4.90 Å². The average Bonchev–Trinajstić information content (AvgIpc) is 2.18. The van der Waals surface area contributed by atoms with Gasteiger partial charge < -0.3 is 9.84 Å². The number of thioether (sulfide) groups is 1. The summed E-state index contributed by atoms with van der Waals surface area (Å²) in [5.41, 5.74) is 0. The van der Waals surface area contributed by atoms with Gasteiger partial charge in [-0.3, -0.25) is 4.90 Å². The topological polar surface area (TPSA) is 66.8 Å². The number of carboxylic acid groups (broad SMARTS) is 1. The zero-order chi connectivity index (χ0) is 10.6. The number of amides is 1. The van der Waals surface area contributed by atoms with Gasteiger partial charge in [-0.2, -0.15) is 11.8 Å². The second-order valence-corrected chi connectivity index (χ2v) is 3.97. The summed E-state index contributed by atoms with van der Waals surface area (Å²) in [6, 6.07) is -0.743. The van der Waals surface area contributed by atoms with Crippen LogP contribution in [0.3, 0.4) is 0 Å². The Morgan fingerprint density at radius 2 is 2.36 bits per heavy atom. The van der Waals surface area contributed by atoms with Gasteiger partial charge in [0.1, 0.15) is 6.04 Å². The van der Waals surface area contributed by atoms with E-state index < -0.39 is 18.1 Å². The molecular formula is C8H13NO4S. The molecule has 0 aliphatic carbocycles. The monoisotopic (exact) mass is 219 g/mol. The highest BCUT2D eigenvalue weighted by Gasteiger charge is 2.33. The smallest absolute Gasteiger partial charge is 0.410 e. The van der Waals surface area contributed by atoms with Crippen LogP contribution in [0, 0.1) is 0 Å². The van der Waals surface area contributed by atoms with Crippen molar-refractivity contribution < 1.29 is 19.4 Å². The first-order valence-corrected chi connectivity index (χ1v) is 5.56. The number of hydrogen-bond donors (Lipinski definition) is 1. The number of carbonyl (C=O) groups is 2. The SMILES string of the molecule is CCOC(=O)N1CCSCC1C(=O)O. The van der Waals surface area contributed by atoms with Crippen LogP contribution < -0.4 is 0 Å². The average molecular weight is 219 g/mol. The highest BCUT2D eigenvalue weighted by molar-refractivity contribution is 7.99. The van der Waals surface area contributed by atoms with Gasteiger partial charge >= 0.3 is 12.1 Å². The number of rotatable bonds is 2. The van der Waals surface area contributed by atoms with Crippen LogP contribution in [0.1, 0.15) is 6.92 Å². The molecule has 0 aromatic heterocycles. The number of ether oxygens (including phenoxy) is 1. The lowest BCUT2D eigenvalue weighted by Gasteiger charge is -2.31. The largest absolute Gasteiger partial charge is 0.480 e. The van der Waals surface area contributed by atoms with Crippen molar-refractivity contribution in [1.82, 2.24) is 4.90 Å². The van der Waals surface area contributed by atoms with Crippen LogP contribution in [-0.4, -0.2) is 52.8 Å². The van der Waals surface area contributed by atoms with Gasteiger partial charge in [-0.15, -0.1) is 0 Å². The minimum absolute atomic E-state index is 0.273. The second kappa shape index (κ2) is 5.09. The summed E-state index contributed by atoms with van der Waals surface area (Å²) >= 11 is 1.54. The van der Waals surface area contributed by atoms with Gasteiger partial charge in [0, 0.05) is 18.1 Å². The van der Waals surface area contributed by atoms with E-state index in [1.54, 1.807) is 18.7 Å². The van der Waals surface area contributed by atoms with Crippen molar-refractivity contribution in [3.8, 4) is 0 Å². The van der Waals surface area contributed by atoms with E-state index in [0.29, 0.717) is 12.3 Å². The lowest BCUT2D eigenvalue weighted by molar-refractivity contribution is -0.141. The number of carboxylic acids is 1. The molecule has 0 radical (unpaired) electrons. The lowest BCUT2D eigenvalue weighted by atomic mass is 10.3. The first-order chi connectivity index (χ1) is 6.66. The normalized spacial score (nSPS) is 21.8. The van der Waals surface area contributed by atoms with Gasteiger partial charge in [0.25, 0.3) is 0 Å². The molecule has 0 aromatic rings. The van der Waals surface area contributed by atoms with Gasteiger partial charge in [-0.1, -0.05) is 0 Å². The van der Waals surface area contributed by atoms with E-state index in [-0.39, 0.29) is 6.61 Å². The Hall–Kier alpha value is -0.910. The molecule has 1 unspecified atom stereocenters. The molecule has 1 amide bonds. The molecule has 5 nitrogen and oxygen atoms in total. The Balaban J connectivity index is 2.62. The molecule has 1 N–H and O–H groups in total. The molecule has 1 atom stereocenters. The Bertz CT molecular complexity index is 233. The summed E-state index contributed by atoms with van der Waals surface area (Å²) < 4.78 is 4.78. The number of nitrogens with zero attached hydrogens (tertiary/aromatic N) is 1. The Labute approximate surface area is 86.4 Å². The number of aliphatic carboxylic acids is 1. The molecule has 1 heterocycles. The van der Waals surface area contributed by atoms with Crippen molar-refractivity contribution in [3.05, 3.63) is 0 Å². The first kappa shape index (κ1) is 11.2. The third-order valence-electron chi connectivity index (χ3n) is 1.92. The van der Waals surface area contributed by atoms with Gasteiger partial charge in [-0.05, 0) is 6.92 Å². The zero-order valence-corrected chi connectivity index (χ0v) is 8.75. The van der Waals surface area contributed by atoms with E-state index in [2.05, 4.69) is 0 Å². The Kier molecular flexibility index (Phi) is 4.06. The minimum atomic E-state index is -0.967. The molecule has 0 spiro atoms. The third-order valence-corrected chi connectivity index (χ3v) is 2.94. The van der Waals surface area contributed by atoms with E-state index in [0.717, 1.165) is 5.75 Å². The van der Waals surface area contributed by atoms with E-state index in [4.69, 9.17) is 9.84 Å². The van der Waals surface area contributed by atoms with Crippen LogP contribution in [0.15, 0.2) is 0 Å². The standard InChI is InChI=1S/C8H13NO4S/c1-2-13-8(12)9-3-4-14-5-6(9)7(10)11/h6H,2-5H2,1H3,(H,10,11). The molecule has 1 saturated heterocycles. The van der Waals surface area contributed by atoms with E-state index >= 15 is 0 Å². The van der Waals surface area contributed by atoms with Crippen LogP contribution in [-0.2, 0) is 9.53 Å². The van der Waals surface area contributed by atoms with Crippen LogP contribution in [0.2, 0.25) is 0 Å². The van der Waals surface area contributed by atoms with Crippen molar-refractivity contribution in [3.63, 3.8) is 0 Å². The lowest BCUT2D eigenvalue weighted by Crippen LogP contribution is -2.50. The van der Waals surface area contributed by atoms with Gasteiger partial charge in [0.15, 0.2) is 0 Å². The fourth-order valence-electron chi connectivity index (χ4n) is 1.23. The van der Waals surface area contributed by atoms with Gasteiger partial charge in [0.05, 0.1) is 6.61 Å². The molecular weight excluding hydrogens is 206 g/mol.